The quantitative estimate of drug-likeness (QED) is 0.735. The lowest BCUT2D eigenvalue weighted by Gasteiger charge is -2.21. The number of rotatable bonds is 7. The second-order valence-electron chi connectivity index (χ2n) is 7.51. The summed E-state index contributed by atoms with van der Waals surface area (Å²) in [6.07, 6.45) is 2.97. The van der Waals surface area contributed by atoms with Crippen LogP contribution in [0.25, 0.3) is 0 Å². The van der Waals surface area contributed by atoms with Gasteiger partial charge in [-0.25, -0.2) is 15.0 Å². The maximum absolute atomic E-state index is 12.0. The Morgan fingerprint density at radius 3 is 2.76 bits per heavy atom. The molecule has 0 bridgehead atoms. The van der Waals surface area contributed by atoms with Crippen LogP contribution >= 0.6 is 0 Å². The van der Waals surface area contributed by atoms with Crippen molar-refractivity contribution in [2.24, 2.45) is 0 Å². The molecule has 1 fully saturated rings. The van der Waals surface area contributed by atoms with Crippen LogP contribution in [0.4, 0.5) is 11.6 Å². The molecule has 0 radical (unpaired) electrons. The molecule has 3 rings (SSSR count). The van der Waals surface area contributed by atoms with Crippen LogP contribution in [0.1, 0.15) is 40.8 Å². The maximum atomic E-state index is 12.0. The molecular weight excluding hydrogens is 366 g/mol. The first-order valence-corrected chi connectivity index (χ1v) is 10.1. The Balaban J connectivity index is 1.62. The third kappa shape index (κ3) is 4.82. The minimum Gasteiger partial charge on any atom is -0.360 e. The van der Waals surface area contributed by atoms with E-state index >= 15 is 0 Å². The van der Waals surface area contributed by atoms with Gasteiger partial charge in [0.05, 0.1) is 0 Å². The zero-order valence-corrected chi connectivity index (χ0v) is 18.0. The van der Waals surface area contributed by atoms with Crippen molar-refractivity contribution in [2.75, 3.05) is 43.5 Å². The van der Waals surface area contributed by atoms with Gasteiger partial charge in [0.25, 0.3) is 5.91 Å². The van der Waals surface area contributed by atoms with Crippen LogP contribution in [0, 0.1) is 13.8 Å². The molecule has 8 nitrogen and oxygen atoms in total. The first-order chi connectivity index (χ1) is 13.9. The first-order valence-electron chi connectivity index (χ1n) is 10.1. The molecule has 0 aromatic carbocycles. The number of carbonyl (C=O) groups excluding carboxylic acids is 1. The number of hydrogen-bond acceptors (Lipinski definition) is 7. The van der Waals surface area contributed by atoms with Crippen LogP contribution < -0.4 is 20.4 Å². The molecule has 1 saturated heterocycles. The van der Waals surface area contributed by atoms with Gasteiger partial charge in [0.2, 0.25) is 5.82 Å². The van der Waals surface area contributed by atoms with Crippen molar-refractivity contribution >= 4 is 17.5 Å². The van der Waals surface area contributed by atoms with Crippen molar-refractivity contribution in [1.29, 1.82) is 0 Å². The Morgan fingerprint density at radius 2 is 2.10 bits per heavy atom. The fourth-order valence-electron chi connectivity index (χ4n) is 3.43. The van der Waals surface area contributed by atoms with Gasteiger partial charge in [-0.1, -0.05) is 6.07 Å². The Kier molecular flexibility index (Phi) is 6.64. The van der Waals surface area contributed by atoms with Crippen LogP contribution in [0.15, 0.2) is 18.3 Å². The molecule has 3 heterocycles. The second-order valence-corrected chi connectivity index (χ2v) is 7.51. The Hall–Kier alpha value is -2.74. The van der Waals surface area contributed by atoms with Crippen LogP contribution in [0.2, 0.25) is 0 Å². The van der Waals surface area contributed by atoms with E-state index in [1.165, 1.54) is 5.56 Å². The Labute approximate surface area is 172 Å². The van der Waals surface area contributed by atoms with E-state index in [1.54, 1.807) is 7.05 Å². The monoisotopic (exact) mass is 397 g/mol. The topological polar surface area (TPSA) is 86.3 Å². The summed E-state index contributed by atoms with van der Waals surface area (Å²) in [6.45, 7) is 9.53. The molecule has 1 atom stereocenters. The fraction of sp³-hybridized carbons (Fsp3) is 0.524. The fourth-order valence-corrected chi connectivity index (χ4v) is 3.43. The van der Waals surface area contributed by atoms with Crippen molar-refractivity contribution in [3.63, 3.8) is 0 Å². The average molecular weight is 398 g/mol. The number of hydrogen-bond donors (Lipinski definition) is 2. The lowest BCUT2D eigenvalue weighted by Crippen LogP contribution is -2.33. The molecule has 2 aromatic rings. The van der Waals surface area contributed by atoms with Gasteiger partial charge < -0.3 is 20.4 Å². The zero-order chi connectivity index (χ0) is 21.0. The van der Waals surface area contributed by atoms with Gasteiger partial charge in [-0.05, 0) is 38.8 Å². The number of amides is 1. The van der Waals surface area contributed by atoms with E-state index in [2.05, 4.69) is 54.4 Å². The van der Waals surface area contributed by atoms with Gasteiger partial charge in [0.1, 0.15) is 11.6 Å². The highest BCUT2D eigenvalue weighted by Crippen LogP contribution is 2.24. The van der Waals surface area contributed by atoms with Gasteiger partial charge >= 0.3 is 0 Å². The van der Waals surface area contributed by atoms with E-state index in [4.69, 9.17) is 0 Å². The van der Waals surface area contributed by atoms with Gasteiger partial charge in [-0.3, -0.25) is 4.79 Å². The van der Waals surface area contributed by atoms with E-state index in [9.17, 15) is 4.79 Å². The summed E-state index contributed by atoms with van der Waals surface area (Å²) in [4.78, 5) is 29.7. The van der Waals surface area contributed by atoms with Crippen LogP contribution in [-0.2, 0) is 6.54 Å². The maximum Gasteiger partial charge on any atom is 0.288 e. The van der Waals surface area contributed by atoms with Gasteiger partial charge in [-0.15, -0.1) is 0 Å². The largest absolute Gasteiger partial charge is 0.360 e. The lowest BCUT2D eigenvalue weighted by molar-refractivity contribution is 0.0952. The number of pyridine rings is 1. The number of anilines is 2. The predicted octanol–water partition coefficient (Wildman–Crippen LogP) is 1.67. The van der Waals surface area contributed by atoms with Crippen LogP contribution in [0.3, 0.4) is 0 Å². The molecule has 0 aliphatic carbocycles. The Bertz CT molecular complexity index is 853. The molecule has 0 unspecified atom stereocenters. The number of aryl methyl sites for hydroxylation is 1. The number of nitrogens with one attached hydrogen (secondary N) is 2. The summed E-state index contributed by atoms with van der Waals surface area (Å²) in [5.41, 5.74) is 3.04. The van der Waals surface area contributed by atoms with E-state index in [0.717, 1.165) is 55.5 Å². The summed E-state index contributed by atoms with van der Waals surface area (Å²) in [5.74, 6) is 1.82. The van der Waals surface area contributed by atoms with E-state index in [0.29, 0.717) is 6.04 Å². The first kappa shape index (κ1) is 21.0. The molecule has 0 spiro atoms. The minimum atomic E-state index is -0.257. The lowest BCUT2D eigenvalue weighted by atomic mass is 10.2. The van der Waals surface area contributed by atoms with E-state index in [-0.39, 0.29) is 11.7 Å². The van der Waals surface area contributed by atoms with E-state index < -0.39 is 0 Å². The summed E-state index contributed by atoms with van der Waals surface area (Å²) in [6, 6.07) is 4.56. The smallest absolute Gasteiger partial charge is 0.288 e. The standard InChI is InChI=1S/C21H31N7O/c1-6-27(5)18-8-7-16(12-24-18)11-23-17-9-10-28(13-17)20-14(2)15(3)25-19(26-20)21(29)22-4/h7-8,12,17,23H,6,9-11,13H2,1-5H3,(H,22,29)/t17-/m1/s1. The second kappa shape index (κ2) is 9.17. The molecule has 1 aliphatic rings. The minimum absolute atomic E-state index is 0.227. The highest BCUT2D eigenvalue weighted by Gasteiger charge is 2.26. The highest BCUT2D eigenvalue weighted by atomic mass is 16.2. The van der Waals surface area contributed by atoms with Crippen molar-refractivity contribution < 1.29 is 4.79 Å². The molecule has 8 heteroatoms. The summed E-state index contributed by atoms with van der Waals surface area (Å²) < 4.78 is 0. The summed E-state index contributed by atoms with van der Waals surface area (Å²) in [5, 5.41) is 6.23. The Morgan fingerprint density at radius 1 is 1.31 bits per heavy atom. The molecule has 2 aromatic heterocycles. The third-order valence-corrected chi connectivity index (χ3v) is 5.55. The molecule has 1 aliphatic heterocycles. The molecule has 0 saturated carbocycles. The van der Waals surface area contributed by atoms with E-state index in [1.807, 2.05) is 27.1 Å². The summed E-state index contributed by atoms with van der Waals surface area (Å²) in [7, 11) is 3.64. The van der Waals surface area contributed by atoms with Crippen LogP contribution in [0.5, 0.6) is 0 Å². The van der Waals surface area contributed by atoms with Crippen molar-refractivity contribution in [3.05, 3.63) is 41.0 Å². The van der Waals surface area contributed by atoms with Crippen molar-refractivity contribution in [3.8, 4) is 0 Å². The van der Waals surface area contributed by atoms with Gasteiger partial charge in [0.15, 0.2) is 0 Å². The average Bonchev–Trinajstić information content (AvgIpc) is 3.22. The summed E-state index contributed by atoms with van der Waals surface area (Å²) >= 11 is 0. The van der Waals surface area contributed by atoms with Crippen molar-refractivity contribution in [2.45, 2.75) is 39.8 Å². The van der Waals surface area contributed by atoms with Gasteiger partial charge in [0, 0.05) is 63.8 Å². The number of carbonyl (C=O) groups is 1. The third-order valence-electron chi connectivity index (χ3n) is 5.55. The van der Waals surface area contributed by atoms with Gasteiger partial charge in [-0.2, -0.15) is 0 Å². The normalized spacial score (nSPS) is 16.2. The molecular formula is C21H31N7O. The predicted molar refractivity (Wildman–Crippen MR) is 116 cm³/mol. The highest BCUT2D eigenvalue weighted by molar-refractivity contribution is 5.90. The van der Waals surface area contributed by atoms with Crippen LogP contribution in [-0.4, -0.2) is 60.6 Å². The zero-order valence-electron chi connectivity index (χ0n) is 18.0. The molecule has 1 amide bonds. The van der Waals surface area contributed by atoms with Crippen molar-refractivity contribution in [1.82, 2.24) is 25.6 Å². The molecule has 2 N–H and O–H groups in total. The molecule has 29 heavy (non-hydrogen) atoms. The molecule has 156 valence electrons. The SMILES string of the molecule is CCN(C)c1ccc(CN[C@@H]2CCN(c3nc(C(=O)NC)nc(C)c3C)C2)cn1. The number of aromatic nitrogens is 3. The number of nitrogens with zero attached hydrogens (tertiary/aromatic N) is 5.